The number of carbonyl (C=O) groups excluding carboxylic acids is 1. The van der Waals surface area contributed by atoms with Crippen LogP contribution in [0, 0.1) is 0 Å². The third kappa shape index (κ3) is 2.96. The van der Waals surface area contributed by atoms with Gasteiger partial charge in [0, 0.05) is 6.42 Å². The Hall–Kier alpha value is -1.58. The van der Waals surface area contributed by atoms with Crippen molar-refractivity contribution in [2.75, 3.05) is 0 Å². The lowest BCUT2D eigenvalue weighted by Gasteiger charge is -2.07. The van der Waals surface area contributed by atoms with Gasteiger partial charge in [0.25, 0.3) is 0 Å². The van der Waals surface area contributed by atoms with Crippen LogP contribution in [0.3, 0.4) is 0 Å². The Morgan fingerprint density at radius 3 is 2.18 bits per heavy atom. The van der Waals surface area contributed by atoms with Crippen LogP contribution in [0.25, 0.3) is 0 Å². The molecule has 0 N–H and O–H groups in total. The number of hydrogen-bond donors (Lipinski definition) is 0. The van der Waals surface area contributed by atoms with Gasteiger partial charge in [-0.15, -0.1) is 0 Å². The highest BCUT2D eigenvalue weighted by atomic mass is 19.4. The van der Waals surface area contributed by atoms with E-state index in [1.807, 2.05) is 0 Å². The summed E-state index contributed by atoms with van der Waals surface area (Å²) in [6, 6.07) is 5.08. The number of rotatable bonds is 2. The van der Waals surface area contributed by atoms with Crippen molar-refractivity contribution in [2.45, 2.75) is 25.4 Å². The smallest absolute Gasteiger partial charge is 0.295 e. The van der Waals surface area contributed by atoms with E-state index < -0.39 is 11.7 Å². The van der Waals surface area contributed by atoms with Gasteiger partial charge in [0.2, 0.25) is 0 Å². The van der Waals surface area contributed by atoms with Gasteiger partial charge in [-0.1, -0.05) is 17.7 Å². The first kappa shape index (κ1) is 11.9. The molecule has 1 aromatic carbocycles. The van der Waals surface area contributed by atoms with E-state index in [9.17, 15) is 18.0 Å². The van der Waals surface area contributed by atoms with Gasteiger partial charge >= 0.3 is 6.18 Å². The number of ketones is 1. The fourth-order valence-electron chi connectivity index (χ4n) is 1.87. The Balaban J connectivity index is 2.09. The van der Waals surface area contributed by atoms with Crippen LogP contribution < -0.4 is 0 Å². The Labute approximate surface area is 96.9 Å². The van der Waals surface area contributed by atoms with Crippen LogP contribution in [-0.2, 0) is 17.4 Å². The molecule has 0 spiro atoms. The third-order valence-corrected chi connectivity index (χ3v) is 2.77. The van der Waals surface area contributed by atoms with Crippen LogP contribution in [0.4, 0.5) is 13.2 Å². The SMILES string of the molecule is O=C1C=C(Cc2ccc(C(F)(F)F)cc2)CC1. The molecule has 1 aliphatic carbocycles. The largest absolute Gasteiger partial charge is 0.416 e. The standard InChI is InChI=1S/C13H11F3O/c14-13(15,16)11-4-1-9(2-5-11)7-10-3-6-12(17)8-10/h1-2,4-5,8H,3,6-7H2. The molecule has 0 aliphatic heterocycles. The lowest BCUT2D eigenvalue weighted by molar-refractivity contribution is -0.137. The van der Waals surface area contributed by atoms with E-state index in [2.05, 4.69) is 0 Å². The Bertz CT molecular complexity index is 455. The number of carbonyl (C=O) groups is 1. The number of allylic oxidation sites excluding steroid dienone is 2. The van der Waals surface area contributed by atoms with Gasteiger partial charge < -0.3 is 0 Å². The van der Waals surface area contributed by atoms with Crippen LogP contribution in [0.1, 0.15) is 24.0 Å². The first-order chi connectivity index (χ1) is 7.95. The highest BCUT2D eigenvalue weighted by Gasteiger charge is 2.29. The fourth-order valence-corrected chi connectivity index (χ4v) is 1.87. The van der Waals surface area contributed by atoms with Crippen molar-refractivity contribution in [1.82, 2.24) is 0 Å². The number of halogens is 3. The molecule has 17 heavy (non-hydrogen) atoms. The summed E-state index contributed by atoms with van der Waals surface area (Å²) in [5, 5.41) is 0. The Morgan fingerprint density at radius 1 is 1.06 bits per heavy atom. The van der Waals surface area contributed by atoms with Gasteiger partial charge in [0.15, 0.2) is 5.78 Å². The van der Waals surface area contributed by atoms with E-state index in [1.54, 1.807) is 6.08 Å². The van der Waals surface area contributed by atoms with Crippen LogP contribution in [0.2, 0.25) is 0 Å². The summed E-state index contributed by atoms with van der Waals surface area (Å²) < 4.78 is 37.0. The first-order valence-corrected chi connectivity index (χ1v) is 5.33. The third-order valence-electron chi connectivity index (χ3n) is 2.77. The molecular weight excluding hydrogens is 229 g/mol. The summed E-state index contributed by atoms with van der Waals surface area (Å²) in [4.78, 5) is 11.0. The van der Waals surface area contributed by atoms with E-state index in [1.165, 1.54) is 12.1 Å². The van der Waals surface area contributed by atoms with Gasteiger partial charge in [-0.25, -0.2) is 0 Å². The molecule has 1 aliphatic rings. The predicted molar refractivity (Wildman–Crippen MR) is 57.5 cm³/mol. The van der Waals surface area contributed by atoms with Crippen molar-refractivity contribution >= 4 is 5.78 Å². The van der Waals surface area contributed by atoms with Crippen LogP contribution in [-0.4, -0.2) is 5.78 Å². The van der Waals surface area contributed by atoms with Gasteiger partial charge in [-0.3, -0.25) is 4.79 Å². The van der Waals surface area contributed by atoms with Gasteiger partial charge in [-0.2, -0.15) is 13.2 Å². The molecule has 90 valence electrons. The number of benzene rings is 1. The van der Waals surface area contributed by atoms with Crippen molar-refractivity contribution < 1.29 is 18.0 Å². The maximum absolute atomic E-state index is 12.3. The van der Waals surface area contributed by atoms with Crippen molar-refractivity contribution in [2.24, 2.45) is 0 Å². The first-order valence-electron chi connectivity index (χ1n) is 5.33. The highest BCUT2D eigenvalue weighted by Crippen LogP contribution is 2.29. The zero-order chi connectivity index (χ0) is 12.5. The molecule has 4 heteroatoms. The van der Waals surface area contributed by atoms with Crippen molar-refractivity contribution in [3.63, 3.8) is 0 Å². The van der Waals surface area contributed by atoms with Crippen molar-refractivity contribution in [3.8, 4) is 0 Å². The minimum absolute atomic E-state index is 0.104. The van der Waals surface area contributed by atoms with E-state index in [0.29, 0.717) is 12.8 Å². The normalized spacial score (nSPS) is 16.2. The van der Waals surface area contributed by atoms with Crippen molar-refractivity contribution in [1.29, 1.82) is 0 Å². The lowest BCUT2D eigenvalue weighted by atomic mass is 10.0. The summed E-state index contributed by atoms with van der Waals surface area (Å²) in [6.45, 7) is 0. The zero-order valence-electron chi connectivity index (χ0n) is 9.05. The summed E-state index contributed by atoms with van der Waals surface area (Å²) in [7, 11) is 0. The molecule has 0 atom stereocenters. The molecule has 1 nitrogen and oxygen atoms in total. The predicted octanol–water partition coefficient (Wildman–Crippen LogP) is 3.54. The zero-order valence-corrected chi connectivity index (χ0v) is 9.05. The van der Waals surface area contributed by atoms with E-state index in [4.69, 9.17) is 0 Å². The second-order valence-electron chi connectivity index (χ2n) is 4.14. The van der Waals surface area contributed by atoms with E-state index in [0.717, 1.165) is 29.7 Å². The molecule has 0 saturated carbocycles. The fraction of sp³-hybridized carbons (Fsp3) is 0.308. The summed E-state index contributed by atoms with van der Waals surface area (Å²) in [5.74, 6) is 0.104. The molecule has 2 rings (SSSR count). The molecule has 0 aromatic heterocycles. The Morgan fingerprint density at radius 2 is 1.71 bits per heavy atom. The minimum atomic E-state index is -4.29. The highest BCUT2D eigenvalue weighted by molar-refractivity contribution is 5.93. The van der Waals surface area contributed by atoms with Crippen molar-refractivity contribution in [3.05, 3.63) is 47.0 Å². The average molecular weight is 240 g/mol. The maximum Gasteiger partial charge on any atom is 0.416 e. The van der Waals surface area contributed by atoms with Gasteiger partial charge in [-0.05, 0) is 36.6 Å². The van der Waals surface area contributed by atoms with Crippen LogP contribution in [0.15, 0.2) is 35.9 Å². The number of hydrogen-bond acceptors (Lipinski definition) is 1. The molecule has 0 radical (unpaired) electrons. The Kier molecular flexibility index (Phi) is 3.05. The van der Waals surface area contributed by atoms with E-state index in [-0.39, 0.29) is 5.78 Å². The van der Waals surface area contributed by atoms with Gasteiger partial charge in [0.1, 0.15) is 0 Å². The molecular formula is C13H11F3O. The second-order valence-corrected chi connectivity index (χ2v) is 4.14. The summed E-state index contributed by atoms with van der Waals surface area (Å²) in [6.07, 6.45) is -0.890. The lowest BCUT2D eigenvalue weighted by Crippen LogP contribution is -2.04. The molecule has 0 amide bonds. The molecule has 1 aromatic rings. The molecule has 0 heterocycles. The van der Waals surface area contributed by atoms with Crippen LogP contribution in [0.5, 0.6) is 0 Å². The quantitative estimate of drug-likeness (QED) is 0.772. The van der Waals surface area contributed by atoms with E-state index >= 15 is 0 Å². The summed E-state index contributed by atoms with van der Waals surface area (Å²) in [5.41, 5.74) is 1.16. The monoisotopic (exact) mass is 240 g/mol. The molecule has 0 saturated heterocycles. The minimum Gasteiger partial charge on any atom is -0.295 e. The molecule has 0 unspecified atom stereocenters. The topological polar surface area (TPSA) is 17.1 Å². The summed E-state index contributed by atoms with van der Waals surface area (Å²) >= 11 is 0. The number of alkyl halides is 3. The second kappa shape index (κ2) is 4.35. The molecule has 0 fully saturated rings. The van der Waals surface area contributed by atoms with Gasteiger partial charge in [0.05, 0.1) is 5.56 Å². The maximum atomic E-state index is 12.3. The van der Waals surface area contributed by atoms with Crippen LogP contribution >= 0.6 is 0 Å². The average Bonchev–Trinajstić information content (AvgIpc) is 2.63. The molecule has 0 bridgehead atoms.